The zero-order valence-electron chi connectivity index (χ0n) is 11.2. The van der Waals surface area contributed by atoms with E-state index >= 15 is 0 Å². The molecule has 0 aromatic heterocycles. The summed E-state index contributed by atoms with van der Waals surface area (Å²) in [5.41, 5.74) is 0.745. The molecule has 0 saturated heterocycles. The molecule has 2 amide bonds. The normalized spacial score (nSPS) is 13.2. The quantitative estimate of drug-likeness (QED) is 0.759. The van der Waals surface area contributed by atoms with Gasteiger partial charge < -0.3 is 15.7 Å². The average Bonchev–Trinajstić information content (AvgIpc) is 2.39. The zero-order chi connectivity index (χ0) is 14.3. The predicted molar refractivity (Wildman–Crippen MR) is 73.7 cm³/mol. The Morgan fingerprint density at radius 1 is 1.42 bits per heavy atom. The van der Waals surface area contributed by atoms with Crippen LogP contribution in [0, 0.1) is 11.3 Å². The third-order valence-electron chi connectivity index (χ3n) is 3.13. The van der Waals surface area contributed by atoms with Gasteiger partial charge in [-0.2, -0.15) is 5.26 Å². The molecule has 0 saturated carbocycles. The van der Waals surface area contributed by atoms with Crippen LogP contribution >= 0.6 is 0 Å². The fourth-order valence-corrected chi connectivity index (χ4v) is 1.64. The lowest BCUT2D eigenvalue weighted by molar-refractivity contribution is 0.208. The molecule has 19 heavy (non-hydrogen) atoms. The largest absolute Gasteiger partial charge is 0.396 e. The van der Waals surface area contributed by atoms with Crippen molar-refractivity contribution in [2.45, 2.75) is 32.2 Å². The molecule has 102 valence electrons. The summed E-state index contributed by atoms with van der Waals surface area (Å²) < 4.78 is 0. The van der Waals surface area contributed by atoms with E-state index in [9.17, 15) is 4.79 Å². The van der Waals surface area contributed by atoms with Crippen LogP contribution in [-0.2, 0) is 0 Å². The monoisotopic (exact) mass is 261 g/mol. The van der Waals surface area contributed by atoms with Gasteiger partial charge in [-0.25, -0.2) is 4.79 Å². The molecule has 1 aromatic carbocycles. The summed E-state index contributed by atoms with van der Waals surface area (Å²) in [6.45, 7) is 3.88. The van der Waals surface area contributed by atoms with Crippen LogP contribution in [0.3, 0.4) is 0 Å². The van der Waals surface area contributed by atoms with Gasteiger partial charge in [0.1, 0.15) is 0 Å². The summed E-state index contributed by atoms with van der Waals surface area (Å²) in [5.74, 6) is 0. The second-order valence-corrected chi connectivity index (χ2v) is 4.66. The van der Waals surface area contributed by atoms with E-state index in [4.69, 9.17) is 10.4 Å². The van der Waals surface area contributed by atoms with Crippen molar-refractivity contribution in [2.24, 2.45) is 0 Å². The summed E-state index contributed by atoms with van der Waals surface area (Å²) in [5, 5.41) is 23.2. The van der Waals surface area contributed by atoms with E-state index in [0.29, 0.717) is 17.7 Å². The van der Waals surface area contributed by atoms with Gasteiger partial charge in [-0.1, -0.05) is 6.92 Å². The van der Waals surface area contributed by atoms with Crippen LogP contribution in [0.25, 0.3) is 0 Å². The lowest BCUT2D eigenvalue weighted by Gasteiger charge is -2.29. The number of nitrogens with zero attached hydrogens (tertiary/aromatic N) is 1. The van der Waals surface area contributed by atoms with Crippen molar-refractivity contribution in [3.8, 4) is 6.07 Å². The number of rotatable bonds is 5. The number of urea groups is 1. The molecule has 0 heterocycles. The van der Waals surface area contributed by atoms with Crippen LogP contribution in [0.1, 0.15) is 32.3 Å². The van der Waals surface area contributed by atoms with Crippen molar-refractivity contribution < 1.29 is 9.90 Å². The van der Waals surface area contributed by atoms with E-state index in [0.717, 1.165) is 6.42 Å². The molecular weight excluding hydrogens is 242 g/mol. The number of aliphatic hydroxyl groups excluding tert-OH is 1. The maximum absolute atomic E-state index is 11.8. The third kappa shape index (κ3) is 4.60. The molecule has 0 aliphatic heterocycles. The van der Waals surface area contributed by atoms with Gasteiger partial charge in [0.05, 0.1) is 11.6 Å². The van der Waals surface area contributed by atoms with Crippen LogP contribution in [0.4, 0.5) is 10.5 Å². The minimum atomic E-state index is -0.425. The lowest BCUT2D eigenvalue weighted by Crippen LogP contribution is -2.48. The Bertz CT molecular complexity index is 465. The van der Waals surface area contributed by atoms with E-state index in [1.54, 1.807) is 24.3 Å². The van der Waals surface area contributed by atoms with Crippen LogP contribution < -0.4 is 10.6 Å². The minimum absolute atomic E-state index is 0.0293. The van der Waals surface area contributed by atoms with Crippen LogP contribution in [0.5, 0.6) is 0 Å². The molecule has 0 aliphatic carbocycles. The summed E-state index contributed by atoms with van der Waals surface area (Å²) >= 11 is 0. The Labute approximate surface area is 113 Å². The highest BCUT2D eigenvalue weighted by Gasteiger charge is 2.23. The highest BCUT2D eigenvalue weighted by Crippen LogP contribution is 2.14. The minimum Gasteiger partial charge on any atom is -0.396 e. The Balaban J connectivity index is 2.61. The van der Waals surface area contributed by atoms with E-state index in [1.165, 1.54) is 0 Å². The maximum Gasteiger partial charge on any atom is 0.319 e. The molecule has 0 radical (unpaired) electrons. The first-order valence-corrected chi connectivity index (χ1v) is 6.23. The first kappa shape index (κ1) is 15.0. The maximum atomic E-state index is 11.8. The molecule has 0 aliphatic rings. The van der Waals surface area contributed by atoms with Crippen molar-refractivity contribution in [3.05, 3.63) is 29.8 Å². The summed E-state index contributed by atoms with van der Waals surface area (Å²) in [6, 6.07) is 8.33. The Morgan fingerprint density at radius 2 is 2.05 bits per heavy atom. The standard InChI is InChI=1S/C14H19N3O2/c1-3-14(2,8-9-18)17-13(19)16-12-6-4-11(10-15)5-7-12/h4-7,18H,3,8-9H2,1-2H3,(H2,16,17,19). The molecule has 1 atom stereocenters. The molecule has 1 aromatic rings. The third-order valence-corrected chi connectivity index (χ3v) is 3.13. The summed E-state index contributed by atoms with van der Waals surface area (Å²) in [4.78, 5) is 11.8. The van der Waals surface area contributed by atoms with Gasteiger partial charge in [-0.15, -0.1) is 0 Å². The fraction of sp³-hybridized carbons (Fsp3) is 0.429. The molecule has 5 nitrogen and oxygen atoms in total. The van der Waals surface area contributed by atoms with Gasteiger partial charge in [0.15, 0.2) is 0 Å². The first-order chi connectivity index (χ1) is 9.03. The number of nitriles is 1. The number of aliphatic hydroxyl groups is 1. The van der Waals surface area contributed by atoms with Gasteiger partial charge in [-0.3, -0.25) is 0 Å². The zero-order valence-corrected chi connectivity index (χ0v) is 11.2. The van der Waals surface area contributed by atoms with E-state index in [1.807, 2.05) is 19.9 Å². The highest BCUT2D eigenvalue weighted by molar-refractivity contribution is 5.89. The highest BCUT2D eigenvalue weighted by atomic mass is 16.3. The fourth-order valence-electron chi connectivity index (χ4n) is 1.64. The van der Waals surface area contributed by atoms with Gasteiger partial charge in [0, 0.05) is 17.8 Å². The molecule has 1 unspecified atom stereocenters. The SMILES string of the molecule is CCC(C)(CCO)NC(=O)Nc1ccc(C#N)cc1. The average molecular weight is 261 g/mol. The number of anilines is 1. The second-order valence-electron chi connectivity index (χ2n) is 4.66. The molecule has 0 spiro atoms. The van der Waals surface area contributed by atoms with Crippen LogP contribution in [-0.4, -0.2) is 23.3 Å². The number of benzene rings is 1. The van der Waals surface area contributed by atoms with Crippen LogP contribution in [0.2, 0.25) is 0 Å². The molecule has 0 bridgehead atoms. The van der Waals surface area contributed by atoms with Gasteiger partial charge >= 0.3 is 6.03 Å². The molecule has 3 N–H and O–H groups in total. The van der Waals surface area contributed by atoms with Crippen molar-refractivity contribution in [1.29, 1.82) is 5.26 Å². The Hall–Kier alpha value is -2.06. The van der Waals surface area contributed by atoms with Crippen molar-refractivity contribution in [1.82, 2.24) is 5.32 Å². The molecular formula is C14H19N3O2. The number of hydrogen-bond acceptors (Lipinski definition) is 3. The van der Waals surface area contributed by atoms with Gasteiger partial charge in [-0.05, 0) is 44.0 Å². The van der Waals surface area contributed by atoms with Crippen molar-refractivity contribution in [2.75, 3.05) is 11.9 Å². The smallest absolute Gasteiger partial charge is 0.319 e. The number of carbonyl (C=O) groups is 1. The molecule has 0 fully saturated rings. The van der Waals surface area contributed by atoms with Gasteiger partial charge in [0.2, 0.25) is 0 Å². The topological polar surface area (TPSA) is 85.2 Å². The van der Waals surface area contributed by atoms with E-state index in [2.05, 4.69) is 10.6 Å². The molecule has 1 rings (SSSR count). The number of carbonyl (C=O) groups excluding carboxylic acids is 1. The number of nitrogens with one attached hydrogen (secondary N) is 2. The Morgan fingerprint density at radius 3 is 2.53 bits per heavy atom. The Kier molecular flexibility index (Phi) is 5.34. The van der Waals surface area contributed by atoms with Crippen molar-refractivity contribution in [3.63, 3.8) is 0 Å². The predicted octanol–water partition coefficient (Wildman–Crippen LogP) is 2.23. The van der Waals surface area contributed by atoms with E-state index in [-0.39, 0.29) is 12.6 Å². The summed E-state index contributed by atoms with van der Waals surface area (Å²) in [6.07, 6.45) is 1.23. The van der Waals surface area contributed by atoms with Crippen molar-refractivity contribution >= 4 is 11.7 Å². The number of amides is 2. The van der Waals surface area contributed by atoms with E-state index < -0.39 is 5.54 Å². The lowest BCUT2D eigenvalue weighted by atomic mass is 9.95. The second kappa shape index (κ2) is 6.76. The van der Waals surface area contributed by atoms with Crippen LogP contribution in [0.15, 0.2) is 24.3 Å². The molecule has 5 heteroatoms. The number of hydrogen-bond donors (Lipinski definition) is 3. The first-order valence-electron chi connectivity index (χ1n) is 6.23. The van der Waals surface area contributed by atoms with Gasteiger partial charge in [0.25, 0.3) is 0 Å². The summed E-state index contributed by atoms with van der Waals surface area (Å²) in [7, 11) is 0.